The molecule has 0 aliphatic carbocycles. The number of ether oxygens (including phenoxy) is 2. The van der Waals surface area contributed by atoms with Crippen LogP contribution in [0.1, 0.15) is 24.0 Å². The summed E-state index contributed by atoms with van der Waals surface area (Å²) in [6.07, 6.45) is 3.65. The molecule has 0 radical (unpaired) electrons. The molecule has 4 nitrogen and oxygen atoms in total. The number of hydrogen-bond acceptors (Lipinski definition) is 4. The number of rotatable bonds is 2. The lowest BCUT2D eigenvalue weighted by Crippen LogP contribution is -2.35. The SMILES string of the molecule is COc1cc2c3c(c4ccc(O)cc4c2cc1OC)C[C@H]1CCCN1C3.Cl. The third kappa shape index (κ3) is 2.70. The van der Waals surface area contributed by atoms with Gasteiger partial charge in [0.05, 0.1) is 14.2 Å². The van der Waals surface area contributed by atoms with Gasteiger partial charge in [0.15, 0.2) is 11.5 Å². The van der Waals surface area contributed by atoms with Gasteiger partial charge in [-0.2, -0.15) is 0 Å². The number of aromatic hydroxyl groups is 1. The van der Waals surface area contributed by atoms with Crippen LogP contribution in [-0.2, 0) is 13.0 Å². The van der Waals surface area contributed by atoms with Crippen molar-refractivity contribution in [1.82, 2.24) is 4.90 Å². The second kappa shape index (κ2) is 6.77. The van der Waals surface area contributed by atoms with Crippen LogP contribution in [0.3, 0.4) is 0 Å². The molecule has 1 fully saturated rings. The van der Waals surface area contributed by atoms with Crippen molar-refractivity contribution in [3.63, 3.8) is 0 Å². The number of benzene rings is 3. The summed E-state index contributed by atoms with van der Waals surface area (Å²) in [5.41, 5.74) is 2.83. The molecule has 3 aromatic carbocycles. The molecule has 2 aliphatic heterocycles. The normalized spacial score (nSPS) is 18.8. The highest BCUT2D eigenvalue weighted by atomic mass is 35.5. The number of phenols is 1. The zero-order valence-electron chi connectivity index (χ0n) is 15.6. The van der Waals surface area contributed by atoms with Gasteiger partial charge < -0.3 is 14.6 Å². The van der Waals surface area contributed by atoms with E-state index in [4.69, 9.17) is 9.47 Å². The fourth-order valence-electron chi connectivity index (χ4n) is 4.88. The number of hydrogen-bond donors (Lipinski definition) is 1. The highest BCUT2D eigenvalue weighted by Gasteiger charge is 2.32. The van der Waals surface area contributed by atoms with Crippen molar-refractivity contribution < 1.29 is 14.6 Å². The molecule has 1 saturated heterocycles. The number of phenolic OH excluding ortho intramolecular Hbond substituents is 1. The lowest BCUT2D eigenvalue weighted by molar-refractivity contribution is 0.229. The Morgan fingerprint density at radius 3 is 2.37 bits per heavy atom. The van der Waals surface area contributed by atoms with Crippen LogP contribution in [-0.4, -0.2) is 36.8 Å². The van der Waals surface area contributed by atoms with Crippen LogP contribution in [0.2, 0.25) is 0 Å². The molecule has 2 heterocycles. The topological polar surface area (TPSA) is 41.9 Å². The number of methoxy groups -OCH3 is 2. The Morgan fingerprint density at radius 1 is 0.926 bits per heavy atom. The second-order valence-electron chi connectivity index (χ2n) is 7.41. The maximum absolute atomic E-state index is 10.1. The third-order valence-electron chi connectivity index (χ3n) is 6.13. The van der Waals surface area contributed by atoms with Gasteiger partial charge in [-0.15, -0.1) is 12.4 Å². The van der Waals surface area contributed by atoms with Crippen LogP contribution in [0.4, 0.5) is 0 Å². The molecule has 1 N–H and O–H groups in total. The van der Waals surface area contributed by atoms with E-state index in [0.29, 0.717) is 11.8 Å². The summed E-state index contributed by atoms with van der Waals surface area (Å²) in [5.74, 6) is 1.77. The van der Waals surface area contributed by atoms with Crippen molar-refractivity contribution in [2.24, 2.45) is 0 Å². The van der Waals surface area contributed by atoms with Gasteiger partial charge in [0, 0.05) is 12.6 Å². The average molecular weight is 386 g/mol. The van der Waals surface area contributed by atoms with Crippen molar-refractivity contribution >= 4 is 34.0 Å². The second-order valence-corrected chi connectivity index (χ2v) is 7.41. The van der Waals surface area contributed by atoms with Gasteiger partial charge in [0.1, 0.15) is 5.75 Å². The monoisotopic (exact) mass is 385 g/mol. The van der Waals surface area contributed by atoms with E-state index >= 15 is 0 Å². The Labute approximate surface area is 165 Å². The molecule has 142 valence electrons. The maximum atomic E-state index is 10.1. The quantitative estimate of drug-likeness (QED) is 0.651. The van der Waals surface area contributed by atoms with E-state index in [1.165, 1.54) is 41.3 Å². The predicted molar refractivity (Wildman–Crippen MR) is 111 cm³/mol. The van der Waals surface area contributed by atoms with E-state index in [1.54, 1.807) is 20.3 Å². The molecule has 3 aromatic rings. The van der Waals surface area contributed by atoms with Gasteiger partial charge in [-0.25, -0.2) is 0 Å². The Balaban J connectivity index is 0.00000180. The van der Waals surface area contributed by atoms with Crippen LogP contribution in [0, 0.1) is 0 Å². The van der Waals surface area contributed by atoms with Gasteiger partial charge >= 0.3 is 0 Å². The van der Waals surface area contributed by atoms with Crippen LogP contribution >= 0.6 is 12.4 Å². The smallest absolute Gasteiger partial charge is 0.161 e. The molecule has 0 bridgehead atoms. The van der Waals surface area contributed by atoms with Gasteiger partial charge in [-0.3, -0.25) is 4.90 Å². The first-order chi connectivity index (χ1) is 12.7. The highest BCUT2D eigenvalue weighted by molar-refractivity contribution is 6.12. The minimum atomic E-state index is 0. The lowest BCUT2D eigenvalue weighted by Gasteiger charge is -2.33. The third-order valence-corrected chi connectivity index (χ3v) is 6.13. The number of fused-ring (bicyclic) bond motifs is 7. The van der Waals surface area contributed by atoms with E-state index in [9.17, 15) is 5.11 Å². The lowest BCUT2D eigenvalue weighted by atomic mass is 9.85. The molecule has 1 atom stereocenters. The minimum absolute atomic E-state index is 0. The number of nitrogens with zero attached hydrogens (tertiary/aromatic N) is 1. The molecule has 0 spiro atoms. The van der Waals surface area contributed by atoms with E-state index in [2.05, 4.69) is 17.0 Å². The summed E-state index contributed by atoms with van der Waals surface area (Å²) in [4.78, 5) is 2.62. The van der Waals surface area contributed by atoms with E-state index < -0.39 is 0 Å². The summed E-state index contributed by atoms with van der Waals surface area (Å²) >= 11 is 0. The van der Waals surface area contributed by atoms with E-state index in [1.807, 2.05) is 12.1 Å². The Kier molecular flexibility index (Phi) is 4.57. The fourth-order valence-corrected chi connectivity index (χ4v) is 4.88. The molecule has 5 heteroatoms. The first-order valence-electron chi connectivity index (χ1n) is 9.26. The fraction of sp³-hybridized carbons (Fsp3) is 0.364. The Hall–Kier alpha value is -2.17. The standard InChI is InChI=1S/C22H23NO3.ClH/c1-25-21-10-18-17-9-14(24)5-6-15(17)16-8-13-4-3-7-23(13)12-20(16)19(18)11-22(21)26-2;/h5-6,9-11,13,24H,3-4,7-8,12H2,1-2H3;1H/t13-;/m1./s1. The van der Waals surface area contributed by atoms with Gasteiger partial charge in [0.2, 0.25) is 0 Å². The van der Waals surface area contributed by atoms with Gasteiger partial charge in [0.25, 0.3) is 0 Å². The first kappa shape index (κ1) is 18.2. The van der Waals surface area contributed by atoms with Crippen molar-refractivity contribution in [2.75, 3.05) is 20.8 Å². The van der Waals surface area contributed by atoms with Gasteiger partial charge in [-0.1, -0.05) is 6.07 Å². The molecule has 0 saturated carbocycles. The largest absolute Gasteiger partial charge is 0.508 e. The summed E-state index contributed by atoms with van der Waals surface area (Å²) in [7, 11) is 3.34. The molecule has 27 heavy (non-hydrogen) atoms. The summed E-state index contributed by atoms with van der Waals surface area (Å²) < 4.78 is 11.1. The van der Waals surface area contributed by atoms with Crippen LogP contribution in [0.15, 0.2) is 30.3 Å². The average Bonchev–Trinajstić information content (AvgIpc) is 3.13. The molecule has 0 amide bonds. The predicted octanol–water partition coefficient (Wildman–Crippen LogP) is 4.66. The first-order valence-corrected chi connectivity index (χ1v) is 9.26. The Bertz CT molecular complexity index is 1030. The summed E-state index contributed by atoms with van der Waals surface area (Å²) in [5, 5.41) is 14.8. The van der Waals surface area contributed by atoms with Crippen molar-refractivity contribution in [3.05, 3.63) is 41.5 Å². The molecule has 0 aromatic heterocycles. The van der Waals surface area contributed by atoms with Crippen LogP contribution in [0.25, 0.3) is 21.5 Å². The van der Waals surface area contributed by atoms with Crippen molar-refractivity contribution in [1.29, 1.82) is 0 Å². The van der Waals surface area contributed by atoms with Crippen LogP contribution < -0.4 is 9.47 Å². The molecular formula is C22H24ClNO3. The van der Waals surface area contributed by atoms with Crippen LogP contribution in [0.5, 0.6) is 17.2 Å². The van der Waals surface area contributed by atoms with Crippen molar-refractivity contribution in [3.8, 4) is 17.2 Å². The van der Waals surface area contributed by atoms with E-state index in [-0.39, 0.29) is 12.4 Å². The molecular weight excluding hydrogens is 362 g/mol. The number of halogens is 1. The van der Waals surface area contributed by atoms with Crippen molar-refractivity contribution in [2.45, 2.75) is 31.8 Å². The summed E-state index contributed by atoms with van der Waals surface area (Å²) in [6.45, 7) is 2.18. The molecule has 5 rings (SSSR count). The maximum Gasteiger partial charge on any atom is 0.161 e. The van der Waals surface area contributed by atoms with E-state index in [0.717, 1.165) is 35.2 Å². The zero-order valence-corrected chi connectivity index (χ0v) is 16.4. The Morgan fingerprint density at radius 2 is 1.63 bits per heavy atom. The molecule has 2 aliphatic rings. The molecule has 0 unspecified atom stereocenters. The minimum Gasteiger partial charge on any atom is -0.508 e. The zero-order chi connectivity index (χ0) is 17.8. The highest BCUT2D eigenvalue weighted by Crippen LogP contribution is 2.44. The van der Waals surface area contributed by atoms with Gasteiger partial charge in [-0.05, 0) is 82.7 Å². The summed E-state index contributed by atoms with van der Waals surface area (Å²) in [6, 6.07) is 10.6.